The number of hydrogen-bond acceptors (Lipinski definition) is 4. The van der Waals surface area contributed by atoms with E-state index in [0.29, 0.717) is 6.54 Å². The van der Waals surface area contributed by atoms with Gasteiger partial charge >= 0.3 is 0 Å². The first-order chi connectivity index (χ1) is 9.27. The van der Waals surface area contributed by atoms with Gasteiger partial charge in [-0.25, -0.2) is 4.39 Å². The van der Waals surface area contributed by atoms with Crippen LogP contribution in [0.2, 0.25) is 0 Å². The molecule has 0 aliphatic rings. The molecule has 6 nitrogen and oxygen atoms in total. The van der Waals surface area contributed by atoms with Crippen molar-refractivity contribution in [3.8, 4) is 0 Å². The third kappa shape index (κ3) is 3.99. The number of hydrogen-bond donors (Lipinski definition) is 2. The Morgan fingerprint density at radius 1 is 1.45 bits per heavy atom. The van der Waals surface area contributed by atoms with E-state index in [1.807, 2.05) is 0 Å². The van der Waals surface area contributed by atoms with Gasteiger partial charge in [0, 0.05) is 31.8 Å². The van der Waals surface area contributed by atoms with Gasteiger partial charge in [-0.1, -0.05) is 0 Å². The molecule has 1 amide bonds. The third-order valence-electron chi connectivity index (χ3n) is 2.96. The van der Waals surface area contributed by atoms with Gasteiger partial charge in [-0.2, -0.15) is 0 Å². The van der Waals surface area contributed by atoms with Crippen LogP contribution in [0.4, 0.5) is 10.1 Å². The topological polar surface area (TPSA) is 84.3 Å². The van der Waals surface area contributed by atoms with Gasteiger partial charge in [0.25, 0.3) is 5.69 Å². The van der Waals surface area contributed by atoms with E-state index < -0.39 is 16.2 Å². The first-order valence-electron chi connectivity index (χ1n) is 6.13. The Hall–Kier alpha value is -2.02. The number of amides is 1. The lowest BCUT2D eigenvalue weighted by atomic mass is 9.92. The molecule has 20 heavy (non-hydrogen) atoms. The van der Waals surface area contributed by atoms with E-state index in [9.17, 15) is 19.3 Å². The van der Waals surface area contributed by atoms with Gasteiger partial charge in [-0.15, -0.1) is 0 Å². The van der Waals surface area contributed by atoms with Crippen molar-refractivity contribution in [3.63, 3.8) is 0 Å². The van der Waals surface area contributed by atoms with Gasteiger partial charge in [0.15, 0.2) is 0 Å². The molecule has 0 aromatic heterocycles. The van der Waals surface area contributed by atoms with Gasteiger partial charge in [0.2, 0.25) is 5.91 Å². The summed E-state index contributed by atoms with van der Waals surface area (Å²) in [4.78, 5) is 21.9. The monoisotopic (exact) mass is 283 g/mol. The van der Waals surface area contributed by atoms with E-state index in [1.54, 1.807) is 20.9 Å². The molecule has 0 unspecified atom stereocenters. The SMILES string of the molecule is CNC(=O)C(C)(C)CNCc1cc(F)ccc1[N+](=O)[O-]. The van der Waals surface area contributed by atoms with E-state index in [2.05, 4.69) is 10.6 Å². The zero-order valence-electron chi connectivity index (χ0n) is 11.7. The number of nitro benzene ring substituents is 1. The Labute approximate surface area is 116 Å². The maximum Gasteiger partial charge on any atom is 0.274 e. The average Bonchev–Trinajstić information content (AvgIpc) is 2.37. The summed E-state index contributed by atoms with van der Waals surface area (Å²) in [6.45, 7) is 3.94. The minimum atomic E-state index is -0.656. The van der Waals surface area contributed by atoms with E-state index in [-0.39, 0.29) is 23.7 Å². The summed E-state index contributed by atoms with van der Waals surface area (Å²) in [5.41, 5.74) is -0.545. The zero-order valence-corrected chi connectivity index (χ0v) is 11.7. The normalized spacial score (nSPS) is 11.2. The highest BCUT2D eigenvalue weighted by Gasteiger charge is 2.26. The molecule has 0 fully saturated rings. The molecule has 0 heterocycles. The summed E-state index contributed by atoms with van der Waals surface area (Å²) in [5.74, 6) is -0.670. The summed E-state index contributed by atoms with van der Waals surface area (Å²) in [6.07, 6.45) is 0. The molecule has 7 heteroatoms. The second kappa shape index (κ2) is 6.42. The van der Waals surface area contributed by atoms with Gasteiger partial charge in [-0.3, -0.25) is 14.9 Å². The van der Waals surface area contributed by atoms with Crippen molar-refractivity contribution in [3.05, 3.63) is 39.7 Å². The predicted molar refractivity (Wildman–Crippen MR) is 72.6 cm³/mol. The molecule has 110 valence electrons. The third-order valence-corrected chi connectivity index (χ3v) is 2.96. The van der Waals surface area contributed by atoms with Gasteiger partial charge < -0.3 is 10.6 Å². The fraction of sp³-hybridized carbons (Fsp3) is 0.462. The molecule has 0 saturated carbocycles. The summed E-state index contributed by atoms with van der Waals surface area (Å²) < 4.78 is 13.1. The van der Waals surface area contributed by atoms with Crippen LogP contribution >= 0.6 is 0 Å². The number of nitro groups is 1. The van der Waals surface area contributed by atoms with Crippen LogP contribution in [-0.4, -0.2) is 24.4 Å². The zero-order chi connectivity index (χ0) is 15.3. The molecule has 2 N–H and O–H groups in total. The maximum absolute atomic E-state index is 13.1. The van der Waals surface area contributed by atoms with Crippen LogP contribution in [0.3, 0.4) is 0 Å². The van der Waals surface area contributed by atoms with Gasteiger partial charge in [-0.05, 0) is 26.0 Å². The Balaban J connectivity index is 2.73. The molecule has 1 aromatic rings. The Morgan fingerprint density at radius 3 is 2.65 bits per heavy atom. The first-order valence-corrected chi connectivity index (χ1v) is 6.13. The summed E-state index contributed by atoms with van der Waals surface area (Å²) in [5, 5.41) is 16.3. The molecule has 0 aliphatic heterocycles. The number of carbonyl (C=O) groups is 1. The number of rotatable bonds is 6. The minimum absolute atomic E-state index is 0.120. The van der Waals surface area contributed by atoms with E-state index in [0.717, 1.165) is 18.2 Å². The highest BCUT2D eigenvalue weighted by atomic mass is 19.1. The van der Waals surface area contributed by atoms with E-state index >= 15 is 0 Å². The lowest BCUT2D eigenvalue weighted by Gasteiger charge is -2.22. The maximum atomic E-state index is 13.1. The highest BCUT2D eigenvalue weighted by Crippen LogP contribution is 2.20. The van der Waals surface area contributed by atoms with Crippen molar-refractivity contribution < 1.29 is 14.1 Å². The predicted octanol–water partition coefficient (Wildman–Crippen LogP) is 1.60. The number of benzene rings is 1. The number of nitrogens with one attached hydrogen (secondary N) is 2. The number of carbonyl (C=O) groups excluding carboxylic acids is 1. The van der Waals surface area contributed by atoms with E-state index in [4.69, 9.17) is 0 Å². The van der Waals surface area contributed by atoms with Gasteiger partial charge in [0.1, 0.15) is 5.82 Å². The summed E-state index contributed by atoms with van der Waals surface area (Å²) in [6, 6.07) is 3.31. The number of nitrogens with zero attached hydrogens (tertiary/aromatic N) is 1. The van der Waals surface area contributed by atoms with Crippen LogP contribution < -0.4 is 10.6 Å². The molecule has 0 saturated heterocycles. The van der Waals surface area contributed by atoms with Crippen LogP contribution in [0.5, 0.6) is 0 Å². The highest BCUT2D eigenvalue weighted by molar-refractivity contribution is 5.81. The van der Waals surface area contributed by atoms with E-state index in [1.165, 1.54) is 0 Å². The molecule has 0 atom stereocenters. The molecule has 1 rings (SSSR count). The smallest absolute Gasteiger partial charge is 0.274 e. The fourth-order valence-corrected chi connectivity index (χ4v) is 1.80. The standard InChI is InChI=1S/C13H18FN3O3/c1-13(2,12(18)15-3)8-16-7-9-6-10(14)4-5-11(9)17(19)20/h4-6,16H,7-8H2,1-3H3,(H,15,18). The van der Waals surface area contributed by atoms with Crippen molar-refractivity contribution >= 4 is 11.6 Å². The van der Waals surface area contributed by atoms with Crippen LogP contribution in [0.1, 0.15) is 19.4 Å². The Kier molecular flexibility index (Phi) is 5.15. The molecule has 0 aliphatic carbocycles. The molecule has 0 bridgehead atoms. The lowest BCUT2D eigenvalue weighted by molar-refractivity contribution is -0.385. The summed E-state index contributed by atoms with van der Waals surface area (Å²) >= 11 is 0. The van der Waals surface area contributed by atoms with Crippen LogP contribution in [0.15, 0.2) is 18.2 Å². The van der Waals surface area contributed by atoms with Crippen LogP contribution in [0.25, 0.3) is 0 Å². The van der Waals surface area contributed by atoms with Crippen molar-refractivity contribution in [2.75, 3.05) is 13.6 Å². The van der Waals surface area contributed by atoms with Crippen LogP contribution in [-0.2, 0) is 11.3 Å². The molecular weight excluding hydrogens is 265 g/mol. The molecular formula is C13H18FN3O3. The molecule has 0 spiro atoms. The van der Waals surface area contributed by atoms with Crippen molar-refractivity contribution in [1.29, 1.82) is 0 Å². The van der Waals surface area contributed by atoms with Gasteiger partial charge in [0.05, 0.1) is 10.3 Å². The average molecular weight is 283 g/mol. The molecule has 1 aromatic carbocycles. The fourth-order valence-electron chi connectivity index (χ4n) is 1.80. The Morgan fingerprint density at radius 2 is 2.10 bits per heavy atom. The Bertz CT molecular complexity index is 518. The lowest BCUT2D eigenvalue weighted by Crippen LogP contribution is -2.41. The van der Waals surface area contributed by atoms with Crippen molar-refractivity contribution in [2.24, 2.45) is 5.41 Å². The first kappa shape index (κ1) is 16.0. The largest absolute Gasteiger partial charge is 0.359 e. The summed E-state index contributed by atoms with van der Waals surface area (Å²) in [7, 11) is 1.54. The van der Waals surface area contributed by atoms with Crippen LogP contribution in [0, 0.1) is 21.3 Å². The van der Waals surface area contributed by atoms with Crippen molar-refractivity contribution in [2.45, 2.75) is 20.4 Å². The second-order valence-corrected chi connectivity index (χ2v) is 5.10. The van der Waals surface area contributed by atoms with Crippen molar-refractivity contribution in [1.82, 2.24) is 10.6 Å². The number of halogens is 1. The quantitative estimate of drug-likeness (QED) is 0.613. The minimum Gasteiger partial charge on any atom is -0.359 e. The molecule has 0 radical (unpaired) electrons. The second-order valence-electron chi connectivity index (χ2n) is 5.10.